The van der Waals surface area contributed by atoms with Gasteiger partial charge >= 0.3 is 5.97 Å². The predicted octanol–water partition coefficient (Wildman–Crippen LogP) is 4.98. The molecule has 6 heteroatoms. The van der Waals surface area contributed by atoms with Crippen molar-refractivity contribution in [2.24, 2.45) is 0 Å². The summed E-state index contributed by atoms with van der Waals surface area (Å²) in [5.74, 6) is 0.190. The molecule has 0 amide bonds. The van der Waals surface area contributed by atoms with E-state index < -0.39 is 5.97 Å². The Balaban J connectivity index is 2.29. The molecule has 0 saturated carbocycles. The highest BCUT2D eigenvalue weighted by molar-refractivity contribution is 9.10. The van der Waals surface area contributed by atoms with Crippen molar-refractivity contribution >= 4 is 45.1 Å². The highest BCUT2D eigenvalue weighted by Gasteiger charge is 2.16. The third-order valence-corrected chi connectivity index (χ3v) is 3.69. The topological polar surface area (TPSA) is 35.5 Å². The lowest BCUT2D eigenvalue weighted by Gasteiger charge is -2.09. The summed E-state index contributed by atoms with van der Waals surface area (Å²) in [6.45, 7) is 0. The van der Waals surface area contributed by atoms with Crippen molar-refractivity contribution in [2.45, 2.75) is 0 Å². The van der Waals surface area contributed by atoms with Crippen LogP contribution in [0.1, 0.15) is 10.4 Å². The first-order chi connectivity index (χ1) is 9.52. The van der Waals surface area contributed by atoms with Gasteiger partial charge in [0.25, 0.3) is 0 Å². The number of esters is 1. The van der Waals surface area contributed by atoms with E-state index in [-0.39, 0.29) is 15.6 Å². The highest BCUT2D eigenvalue weighted by Crippen LogP contribution is 2.34. The van der Waals surface area contributed by atoms with Crippen LogP contribution in [0.25, 0.3) is 0 Å². The maximum absolute atomic E-state index is 12.1. The van der Waals surface area contributed by atoms with Crippen molar-refractivity contribution in [3.63, 3.8) is 0 Å². The Kier molecular flexibility index (Phi) is 4.91. The zero-order valence-electron chi connectivity index (χ0n) is 10.3. The Labute approximate surface area is 134 Å². The molecule has 0 unspecified atom stereocenters. The monoisotopic (exact) mass is 374 g/mol. The van der Waals surface area contributed by atoms with Crippen LogP contribution in [0, 0.1) is 0 Å². The maximum atomic E-state index is 12.1. The number of rotatable bonds is 3. The molecule has 0 bridgehead atoms. The second-order valence-corrected chi connectivity index (χ2v) is 5.46. The Morgan fingerprint density at radius 3 is 2.30 bits per heavy atom. The van der Waals surface area contributed by atoms with Crippen LogP contribution in [0.4, 0.5) is 0 Å². The van der Waals surface area contributed by atoms with E-state index in [1.54, 1.807) is 18.2 Å². The van der Waals surface area contributed by atoms with Crippen LogP contribution >= 0.6 is 39.1 Å². The van der Waals surface area contributed by atoms with Gasteiger partial charge in [-0.2, -0.15) is 0 Å². The molecule has 0 aliphatic carbocycles. The van der Waals surface area contributed by atoms with Crippen LogP contribution in [0.5, 0.6) is 11.5 Å². The molecule has 3 nitrogen and oxygen atoms in total. The first-order valence-electron chi connectivity index (χ1n) is 5.52. The highest BCUT2D eigenvalue weighted by atomic mass is 79.9. The molecule has 0 aliphatic rings. The Bertz CT molecular complexity index is 636. The van der Waals surface area contributed by atoms with E-state index in [4.69, 9.17) is 32.7 Å². The quantitative estimate of drug-likeness (QED) is 0.560. The van der Waals surface area contributed by atoms with Crippen molar-refractivity contribution in [2.75, 3.05) is 7.11 Å². The Hall–Kier alpha value is -1.23. The third-order valence-electron chi connectivity index (χ3n) is 2.48. The summed E-state index contributed by atoms with van der Waals surface area (Å²) in [6, 6.07) is 9.94. The molecule has 0 aromatic heterocycles. The van der Waals surface area contributed by atoms with E-state index in [1.165, 1.54) is 19.2 Å². The number of para-hydroxylation sites is 1. The van der Waals surface area contributed by atoms with Crippen LogP contribution in [0.15, 0.2) is 40.9 Å². The number of methoxy groups -OCH3 is 1. The summed E-state index contributed by atoms with van der Waals surface area (Å²) < 4.78 is 11.0. The van der Waals surface area contributed by atoms with Crippen LogP contribution < -0.4 is 9.47 Å². The molecule has 0 radical (unpaired) electrons. The smallest absolute Gasteiger partial charge is 0.343 e. The van der Waals surface area contributed by atoms with E-state index in [2.05, 4.69) is 15.9 Å². The number of carbonyl (C=O) groups is 1. The van der Waals surface area contributed by atoms with E-state index in [1.807, 2.05) is 6.07 Å². The van der Waals surface area contributed by atoms with Crippen LogP contribution in [-0.4, -0.2) is 13.1 Å². The van der Waals surface area contributed by atoms with Gasteiger partial charge in [-0.1, -0.05) is 35.3 Å². The van der Waals surface area contributed by atoms with Crippen LogP contribution in [-0.2, 0) is 0 Å². The lowest BCUT2D eigenvalue weighted by Crippen LogP contribution is -2.09. The molecule has 0 spiro atoms. The van der Waals surface area contributed by atoms with E-state index in [0.29, 0.717) is 16.0 Å². The van der Waals surface area contributed by atoms with Crippen LogP contribution in [0.3, 0.4) is 0 Å². The number of hydrogen-bond acceptors (Lipinski definition) is 3. The summed E-state index contributed by atoms with van der Waals surface area (Å²) >= 11 is 15.3. The fourth-order valence-corrected chi connectivity index (χ4v) is 2.57. The van der Waals surface area contributed by atoms with Gasteiger partial charge in [0.1, 0.15) is 5.75 Å². The second-order valence-electron chi connectivity index (χ2n) is 3.79. The van der Waals surface area contributed by atoms with Gasteiger partial charge in [0.05, 0.1) is 27.2 Å². The molecule has 0 atom stereocenters. The van der Waals surface area contributed by atoms with Crippen molar-refractivity contribution in [3.05, 3.63) is 56.5 Å². The lowest BCUT2D eigenvalue weighted by molar-refractivity contribution is 0.0733. The summed E-state index contributed by atoms with van der Waals surface area (Å²) in [4.78, 5) is 12.1. The van der Waals surface area contributed by atoms with Crippen molar-refractivity contribution in [1.29, 1.82) is 0 Å². The molecule has 2 aromatic rings. The fourth-order valence-electron chi connectivity index (χ4n) is 1.56. The van der Waals surface area contributed by atoms with Gasteiger partial charge in [-0.15, -0.1) is 0 Å². The summed E-state index contributed by atoms with van der Waals surface area (Å²) in [5, 5.41) is 0.498. The van der Waals surface area contributed by atoms with Crippen molar-refractivity contribution < 1.29 is 14.3 Å². The Morgan fingerprint density at radius 2 is 1.75 bits per heavy atom. The summed E-state index contributed by atoms with van der Waals surface area (Å²) in [5.41, 5.74) is 0.247. The van der Waals surface area contributed by atoms with Crippen molar-refractivity contribution in [3.8, 4) is 11.5 Å². The molecule has 20 heavy (non-hydrogen) atoms. The minimum atomic E-state index is -0.552. The summed E-state index contributed by atoms with van der Waals surface area (Å²) in [7, 11) is 1.45. The normalized spacial score (nSPS) is 10.2. The lowest BCUT2D eigenvalue weighted by atomic mass is 10.2. The average molecular weight is 376 g/mol. The molecule has 0 N–H and O–H groups in total. The number of halogens is 3. The molecule has 104 valence electrons. The van der Waals surface area contributed by atoms with Gasteiger partial charge in [-0.05, 0) is 40.2 Å². The van der Waals surface area contributed by atoms with Gasteiger partial charge in [0.15, 0.2) is 5.75 Å². The van der Waals surface area contributed by atoms with Gasteiger partial charge in [-0.3, -0.25) is 0 Å². The first kappa shape index (κ1) is 15.2. The molecular formula is C14H9BrCl2O3. The number of carbonyl (C=O) groups excluding carboxylic acids is 1. The zero-order chi connectivity index (χ0) is 14.7. The van der Waals surface area contributed by atoms with Gasteiger partial charge < -0.3 is 9.47 Å². The summed E-state index contributed by atoms with van der Waals surface area (Å²) in [6.07, 6.45) is 0. The predicted molar refractivity (Wildman–Crippen MR) is 82.1 cm³/mol. The molecule has 0 saturated heterocycles. The molecule has 2 aromatic carbocycles. The van der Waals surface area contributed by atoms with E-state index in [0.717, 1.165) is 0 Å². The van der Waals surface area contributed by atoms with Crippen molar-refractivity contribution in [1.82, 2.24) is 0 Å². The number of ether oxygens (including phenoxy) is 2. The number of hydrogen-bond donors (Lipinski definition) is 0. The fraction of sp³-hybridized carbons (Fsp3) is 0.0714. The minimum Gasteiger partial charge on any atom is -0.494 e. The minimum absolute atomic E-state index is 0.247. The van der Waals surface area contributed by atoms with E-state index in [9.17, 15) is 4.79 Å². The Morgan fingerprint density at radius 1 is 1.15 bits per heavy atom. The number of benzene rings is 2. The standard InChI is InChI=1S/C14H9BrCl2O3/c1-19-13-10(16)6-8(7-11(13)17)14(18)20-12-5-3-2-4-9(12)15/h2-7H,1H3. The average Bonchev–Trinajstić information content (AvgIpc) is 2.41. The molecule has 0 fully saturated rings. The van der Waals surface area contributed by atoms with Gasteiger partial charge in [0, 0.05) is 0 Å². The SMILES string of the molecule is COc1c(Cl)cc(C(=O)Oc2ccccc2Br)cc1Cl. The van der Waals surface area contributed by atoms with Gasteiger partial charge in [0.2, 0.25) is 0 Å². The first-order valence-corrected chi connectivity index (χ1v) is 7.07. The molecular weight excluding hydrogens is 367 g/mol. The molecule has 0 heterocycles. The maximum Gasteiger partial charge on any atom is 0.343 e. The zero-order valence-corrected chi connectivity index (χ0v) is 13.4. The second kappa shape index (κ2) is 6.48. The molecule has 2 rings (SSSR count). The van der Waals surface area contributed by atoms with Crippen LogP contribution in [0.2, 0.25) is 10.0 Å². The third kappa shape index (κ3) is 3.26. The van der Waals surface area contributed by atoms with Gasteiger partial charge in [-0.25, -0.2) is 4.79 Å². The molecule has 0 aliphatic heterocycles. The van der Waals surface area contributed by atoms with E-state index >= 15 is 0 Å². The largest absolute Gasteiger partial charge is 0.494 e.